The lowest BCUT2D eigenvalue weighted by Crippen LogP contribution is -2.61. The molecule has 0 saturated heterocycles. The fraction of sp³-hybridized carbons (Fsp3) is 0.172. The van der Waals surface area contributed by atoms with E-state index in [1.54, 1.807) is 56.9 Å². The van der Waals surface area contributed by atoms with E-state index >= 15 is 0 Å². The number of ether oxygens (including phenoxy) is 4. The van der Waals surface area contributed by atoms with Gasteiger partial charge in [-0.25, -0.2) is 9.67 Å². The van der Waals surface area contributed by atoms with E-state index in [4.69, 9.17) is 24.7 Å². The van der Waals surface area contributed by atoms with E-state index in [9.17, 15) is 9.59 Å². The average Bonchev–Trinajstić information content (AvgIpc) is 3.68. The topological polar surface area (TPSA) is 140 Å². The van der Waals surface area contributed by atoms with Crippen molar-refractivity contribution in [3.05, 3.63) is 103 Å². The first-order valence-electron chi connectivity index (χ1n) is 12.3. The summed E-state index contributed by atoms with van der Waals surface area (Å²) in [5, 5.41) is 7.52. The van der Waals surface area contributed by atoms with Gasteiger partial charge in [0.15, 0.2) is 5.82 Å². The Balaban J connectivity index is 1.47. The number of hydrogen-bond acceptors (Lipinski definition) is 8. The molecule has 0 bridgehead atoms. The molecule has 40 heavy (non-hydrogen) atoms. The third kappa shape index (κ3) is 5.04. The van der Waals surface area contributed by atoms with Crippen LogP contribution in [0.1, 0.15) is 15.9 Å². The summed E-state index contributed by atoms with van der Waals surface area (Å²) in [7, 11) is 3.14. The quantitative estimate of drug-likeness (QED) is 0.312. The van der Waals surface area contributed by atoms with Crippen molar-refractivity contribution < 1.29 is 28.5 Å². The molecule has 0 fully saturated rings. The Labute approximate surface area is 230 Å². The van der Waals surface area contributed by atoms with E-state index in [2.05, 4.69) is 15.4 Å². The molecule has 3 N–H and O–H groups in total. The molecular weight excluding hydrogens is 514 g/mol. The number of pyridine rings is 1. The molecule has 204 valence electrons. The van der Waals surface area contributed by atoms with Crippen LogP contribution < -0.4 is 20.5 Å². The first kappa shape index (κ1) is 26.3. The Morgan fingerprint density at radius 3 is 2.50 bits per heavy atom. The molecular formula is C29H27N5O6. The maximum atomic E-state index is 13.7. The van der Waals surface area contributed by atoms with E-state index in [-0.39, 0.29) is 17.8 Å². The van der Waals surface area contributed by atoms with Gasteiger partial charge in [0.1, 0.15) is 30.1 Å². The van der Waals surface area contributed by atoms with Gasteiger partial charge in [-0.15, -0.1) is 0 Å². The molecule has 2 aromatic heterocycles. The van der Waals surface area contributed by atoms with Crippen molar-refractivity contribution in [1.29, 1.82) is 0 Å². The molecule has 0 spiro atoms. The lowest BCUT2D eigenvalue weighted by molar-refractivity contribution is -0.182. The van der Waals surface area contributed by atoms with Gasteiger partial charge in [-0.3, -0.25) is 9.59 Å². The number of aromatic nitrogens is 3. The summed E-state index contributed by atoms with van der Waals surface area (Å²) in [5.41, 5.74) is 8.08. The molecule has 2 amide bonds. The van der Waals surface area contributed by atoms with E-state index < -0.39 is 23.6 Å². The van der Waals surface area contributed by atoms with Crippen molar-refractivity contribution in [3.8, 4) is 28.6 Å². The Bertz CT molecular complexity index is 1540. The number of carbonyl (C=O) groups is 2. The number of amides is 2. The maximum Gasteiger partial charge on any atom is 0.352 e. The minimum atomic E-state index is -1.92. The molecule has 1 aliphatic rings. The maximum absolute atomic E-state index is 13.7. The number of benzene rings is 2. The molecule has 0 saturated carbocycles. The van der Waals surface area contributed by atoms with Gasteiger partial charge < -0.3 is 30.0 Å². The number of carbonyl (C=O) groups excluding carboxylic acids is 2. The number of nitrogens with one attached hydrogen (secondary N) is 1. The second-order valence-corrected chi connectivity index (χ2v) is 8.84. The molecule has 1 atom stereocenters. The van der Waals surface area contributed by atoms with E-state index in [1.165, 1.54) is 17.2 Å². The van der Waals surface area contributed by atoms with Crippen molar-refractivity contribution in [3.63, 3.8) is 0 Å². The van der Waals surface area contributed by atoms with Gasteiger partial charge in [-0.1, -0.05) is 30.3 Å². The van der Waals surface area contributed by atoms with Gasteiger partial charge in [0.05, 0.1) is 25.5 Å². The molecule has 11 nitrogen and oxygen atoms in total. The zero-order chi connectivity index (χ0) is 28.1. The van der Waals surface area contributed by atoms with Crippen LogP contribution in [-0.2, 0) is 20.7 Å². The van der Waals surface area contributed by atoms with Gasteiger partial charge >= 0.3 is 11.7 Å². The van der Waals surface area contributed by atoms with Crippen LogP contribution in [0.2, 0.25) is 0 Å². The van der Waals surface area contributed by atoms with Crippen molar-refractivity contribution in [2.75, 3.05) is 14.2 Å². The first-order chi connectivity index (χ1) is 19.4. The fourth-order valence-electron chi connectivity index (χ4n) is 4.46. The molecule has 1 aliphatic heterocycles. The predicted octanol–water partition coefficient (Wildman–Crippen LogP) is 2.99. The standard InChI is InChI=1S/C29H27N5O6/c1-37-20-10-11-21(24(18-20)38-2)23-12-14-34(33-23)26-22(9-6-13-31-26)27(35)32-25(17-19-7-4-3-5-8-19)29(28(30)36)39-15-16-40-29/h3-16,18,25H,17H2,1-2H3,(H2,30,36)(H,32,35). The third-order valence-electron chi connectivity index (χ3n) is 6.45. The largest absolute Gasteiger partial charge is 0.497 e. The van der Waals surface area contributed by atoms with Crippen LogP contribution in [0.4, 0.5) is 0 Å². The predicted molar refractivity (Wildman–Crippen MR) is 145 cm³/mol. The van der Waals surface area contributed by atoms with Crippen LogP contribution in [0.25, 0.3) is 17.1 Å². The highest BCUT2D eigenvalue weighted by molar-refractivity contribution is 5.98. The van der Waals surface area contributed by atoms with E-state index in [1.807, 2.05) is 36.4 Å². The van der Waals surface area contributed by atoms with Crippen LogP contribution >= 0.6 is 0 Å². The normalized spacial score (nSPS) is 14.1. The van der Waals surface area contributed by atoms with Gasteiger partial charge in [0.2, 0.25) is 0 Å². The van der Waals surface area contributed by atoms with Gasteiger partial charge in [0.25, 0.3) is 5.91 Å². The number of methoxy groups -OCH3 is 2. The zero-order valence-electron chi connectivity index (χ0n) is 21.8. The highest BCUT2D eigenvalue weighted by Crippen LogP contribution is 2.33. The van der Waals surface area contributed by atoms with Crippen molar-refractivity contribution in [1.82, 2.24) is 20.1 Å². The third-order valence-corrected chi connectivity index (χ3v) is 6.45. The highest BCUT2D eigenvalue weighted by Gasteiger charge is 2.51. The van der Waals surface area contributed by atoms with Gasteiger partial charge in [0, 0.05) is 30.4 Å². The van der Waals surface area contributed by atoms with Crippen LogP contribution in [0.3, 0.4) is 0 Å². The van der Waals surface area contributed by atoms with Crippen molar-refractivity contribution >= 4 is 11.8 Å². The molecule has 3 heterocycles. The second-order valence-electron chi connectivity index (χ2n) is 8.84. The van der Waals surface area contributed by atoms with Crippen molar-refractivity contribution in [2.24, 2.45) is 5.73 Å². The average molecular weight is 542 g/mol. The summed E-state index contributed by atoms with van der Waals surface area (Å²) < 4.78 is 23.4. The van der Waals surface area contributed by atoms with E-state index in [0.717, 1.165) is 11.1 Å². The fourth-order valence-corrected chi connectivity index (χ4v) is 4.46. The Hall–Kier alpha value is -5.32. The van der Waals surface area contributed by atoms with Crippen LogP contribution in [0.5, 0.6) is 11.5 Å². The number of primary amides is 1. The molecule has 0 aliphatic carbocycles. The summed E-state index contributed by atoms with van der Waals surface area (Å²) in [6.45, 7) is 0. The SMILES string of the molecule is COc1ccc(-c2ccn(-c3ncccc3C(=O)NC(Cc3ccccc3)C3(C(N)=O)OC=CO3)n2)c(OC)c1. The van der Waals surface area contributed by atoms with Crippen LogP contribution in [-0.4, -0.2) is 52.6 Å². The summed E-state index contributed by atoms with van der Waals surface area (Å²) in [4.78, 5) is 30.6. The lowest BCUT2D eigenvalue weighted by Gasteiger charge is -2.33. The summed E-state index contributed by atoms with van der Waals surface area (Å²) >= 11 is 0. The minimum Gasteiger partial charge on any atom is -0.497 e. The summed E-state index contributed by atoms with van der Waals surface area (Å²) in [6.07, 6.45) is 5.90. The molecule has 11 heteroatoms. The Morgan fingerprint density at radius 2 is 1.80 bits per heavy atom. The van der Waals surface area contributed by atoms with Gasteiger partial charge in [-0.2, -0.15) is 5.10 Å². The minimum absolute atomic E-state index is 0.204. The Morgan fingerprint density at radius 1 is 1.02 bits per heavy atom. The van der Waals surface area contributed by atoms with Crippen LogP contribution in [0.15, 0.2) is 91.6 Å². The van der Waals surface area contributed by atoms with E-state index in [0.29, 0.717) is 17.2 Å². The molecule has 1 unspecified atom stereocenters. The zero-order valence-corrected chi connectivity index (χ0v) is 21.8. The number of rotatable bonds is 10. The molecule has 2 aromatic carbocycles. The number of nitrogens with zero attached hydrogens (tertiary/aromatic N) is 3. The summed E-state index contributed by atoms with van der Waals surface area (Å²) in [6, 6.07) is 18.8. The molecule has 0 radical (unpaired) electrons. The first-order valence-corrected chi connectivity index (χ1v) is 12.3. The summed E-state index contributed by atoms with van der Waals surface area (Å²) in [5.74, 6) is -1.82. The Kier molecular flexibility index (Phi) is 7.36. The monoisotopic (exact) mass is 541 g/mol. The molecule has 4 aromatic rings. The van der Waals surface area contributed by atoms with Crippen molar-refractivity contribution in [2.45, 2.75) is 18.2 Å². The van der Waals surface area contributed by atoms with Crippen LogP contribution in [0, 0.1) is 0 Å². The second kappa shape index (κ2) is 11.2. The smallest absolute Gasteiger partial charge is 0.352 e. The molecule has 5 rings (SSSR count). The number of nitrogens with two attached hydrogens (primary N) is 1. The van der Waals surface area contributed by atoms with Gasteiger partial charge in [-0.05, 0) is 35.9 Å². The lowest BCUT2D eigenvalue weighted by atomic mass is 9.97. The number of hydrogen-bond donors (Lipinski definition) is 2. The highest BCUT2D eigenvalue weighted by atomic mass is 16.7.